The van der Waals surface area contributed by atoms with E-state index < -0.39 is 0 Å². The largest absolute Gasteiger partial charge is 0.396 e. The lowest BCUT2D eigenvalue weighted by molar-refractivity contribution is 0.0736. The van der Waals surface area contributed by atoms with Crippen LogP contribution in [0.3, 0.4) is 0 Å². The molecule has 0 amide bonds. The van der Waals surface area contributed by atoms with Crippen LogP contribution in [0.15, 0.2) is 0 Å². The summed E-state index contributed by atoms with van der Waals surface area (Å²) in [4.78, 5) is 4.64. The van der Waals surface area contributed by atoms with Crippen LogP contribution in [-0.2, 0) is 0 Å². The fourth-order valence-corrected chi connectivity index (χ4v) is 1.91. The van der Waals surface area contributed by atoms with E-state index in [2.05, 4.69) is 16.8 Å². The number of β-amino-alcohol motifs (C(OH)–C–C–N with tert-alkyl or cyclic N) is 1. The van der Waals surface area contributed by atoms with E-state index in [0.29, 0.717) is 0 Å². The van der Waals surface area contributed by atoms with Gasteiger partial charge in [0.1, 0.15) is 0 Å². The molecule has 1 aliphatic heterocycles. The summed E-state index contributed by atoms with van der Waals surface area (Å²) >= 11 is 0. The van der Waals surface area contributed by atoms with Gasteiger partial charge in [0.25, 0.3) is 0 Å². The molecule has 90 valence electrons. The minimum absolute atomic E-state index is 0.222. The maximum absolute atomic E-state index is 9.76. The smallest absolute Gasteiger partial charge is 0.0667 e. The lowest BCUT2D eigenvalue weighted by atomic mass is 10.1. The minimum atomic E-state index is -0.222. The van der Waals surface area contributed by atoms with E-state index in [4.69, 9.17) is 5.11 Å². The molecule has 1 rings (SSSR count). The van der Waals surface area contributed by atoms with Crippen LogP contribution >= 0.6 is 0 Å². The summed E-state index contributed by atoms with van der Waals surface area (Å²) in [5.41, 5.74) is 0. The molecule has 0 aromatic rings. The molecule has 1 heterocycles. The van der Waals surface area contributed by atoms with Gasteiger partial charge in [0.05, 0.1) is 6.10 Å². The maximum Gasteiger partial charge on any atom is 0.0667 e. The molecule has 4 heteroatoms. The fraction of sp³-hybridized carbons (Fsp3) is 1.00. The SMILES string of the molecule is CN1CCN(CC(O)CCCCO)CC1. The van der Waals surface area contributed by atoms with E-state index in [0.717, 1.165) is 52.0 Å². The van der Waals surface area contributed by atoms with Crippen molar-refractivity contribution in [3.8, 4) is 0 Å². The van der Waals surface area contributed by atoms with Crippen LogP contribution in [0, 0.1) is 0 Å². The van der Waals surface area contributed by atoms with Crippen molar-refractivity contribution in [3.05, 3.63) is 0 Å². The molecule has 0 spiro atoms. The average molecular weight is 216 g/mol. The Labute approximate surface area is 92.5 Å². The van der Waals surface area contributed by atoms with E-state index in [1.165, 1.54) is 0 Å². The Kier molecular flexibility index (Phi) is 6.17. The number of hydrogen-bond acceptors (Lipinski definition) is 4. The van der Waals surface area contributed by atoms with Crippen molar-refractivity contribution >= 4 is 0 Å². The van der Waals surface area contributed by atoms with Crippen LogP contribution in [0.1, 0.15) is 19.3 Å². The van der Waals surface area contributed by atoms with Gasteiger partial charge in [-0.05, 0) is 26.3 Å². The van der Waals surface area contributed by atoms with Gasteiger partial charge < -0.3 is 15.1 Å². The highest BCUT2D eigenvalue weighted by atomic mass is 16.3. The third kappa shape index (κ3) is 5.47. The summed E-state index contributed by atoms with van der Waals surface area (Å²) in [6.45, 7) is 5.36. The number of piperazine rings is 1. The zero-order valence-electron chi connectivity index (χ0n) is 9.73. The maximum atomic E-state index is 9.76. The third-order valence-corrected chi connectivity index (χ3v) is 3.01. The van der Waals surface area contributed by atoms with E-state index in [1.807, 2.05) is 0 Å². The predicted molar refractivity (Wildman–Crippen MR) is 60.9 cm³/mol. The van der Waals surface area contributed by atoms with Gasteiger partial charge in [-0.25, -0.2) is 0 Å². The molecule has 4 nitrogen and oxygen atoms in total. The number of hydrogen-bond donors (Lipinski definition) is 2. The molecule has 15 heavy (non-hydrogen) atoms. The summed E-state index contributed by atoms with van der Waals surface area (Å²) in [5, 5.41) is 18.4. The third-order valence-electron chi connectivity index (χ3n) is 3.01. The van der Waals surface area contributed by atoms with Crippen LogP contribution in [-0.4, -0.2) is 72.5 Å². The molecule has 1 fully saturated rings. The van der Waals surface area contributed by atoms with Crippen molar-refractivity contribution < 1.29 is 10.2 Å². The van der Waals surface area contributed by atoms with Crippen LogP contribution in [0.5, 0.6) is 0 Å². The number of likely N-dealkylation sites (N-methyl/N-ethyl adjacent to an activating group) is 1. The summed E-state index contributed by atoms with van der Waals surface area (Å²) in [6, 6.07) is 0. The molecule has 0 aliphatic carbocycles. The summed E-state index contributed by atoms with van der Waals surface area (Å²) in [7, 11) is 2.13. The molecule has 1 saturated heterocycles. The highest BCUT2D eigenvalue weighted by Crippen LogP contribution is 2.05. The molecular weight excluding hydrogens is 192 g/mol. The van der Waals surface area contributed by atoms with Crippen molar-refractivity contribution in [1.29, 1.82) is 0 Å². The second kappa shape index (κ2) is 7.17. The van der Waals surface area contributed by atoms with Crippen molar-refractivity contribution in [2.45, 2.75) is 25.4 Å². The predicted octanol–water partition coefficient (Wildman–Crippen LogP) is -0.243. The molecule has 1 aliphatic rings. The minimum Gasteiger partial charge on any atom is -0.396 e. The molecule has 2 N–H and O–H groups in total. The van der Waals surface area contributed by atoms with Crippen molar-refractivity contribution in [2.75, 3.05) is 46.4 Å². The van der Waals surface area contributed by atoms with E-state index in [1.54, 1.807) is 0 Å². The van der Waals surface area contributed by atoms with Crippen molar-refractivity contribution in [3.63, 3.8) is 0 Å². The Morgan fingerprint density at radius 3 is 2.40 bits per heavy atom. The molecule has 1 atom stereocenters. The Morgan fingerprint density at radius 1 is 1.13 bits per heavy atom. The first-order valence-corrected chi connectivity index (χ1v) is 5.92. The summed E-state index contributed by atoms with van der Waals surface area (Å²) in [6.07, 6.45) is 2.32. The average Bonchev–Trinajstić information content (AvgIpc) is 2.22. The second-order valence-corrected chi connectivity index (χ2v) is 4.48. The van der Waals surface area contributed by atoms with E-state index in [-0.39, 0.29) is 12.7 Å². The van der Waals surface area contributed by atoms with Gasteiger partial charge >= 0.3 is 0 Å². The highest BCUT2D eigenvalue weighted by molar-refractivity contribution is 4.72. The molecule has 1 unspecified atom stereocenters. The first-order valence-electron chi connectivity index (χ1n) is 5.92. The van der Waals surface area contributed by atoms with Gasteiger partial charge in [0.2, 0.25) is 0 Å². The van der Waals surface area contributed by atoms with Crippen LogP contribution in [0.25, 0.3) is 0 Å². The molecular formula is C11H24N2O2. The van der Waals surface area contributed by atoms with E-state index >= 15 is 0 Å². The number of aliphatic hydroxyl groups excluding tert-OH is 2. The quantitative estimate of drug-likeness (QED) is 0.602. The first-order chi connectivity index (χ1) is 7.22. The first kappa shape index (κ1) is 12.9. The van der Waals surface area contributed by atoms with Crippen LogP contribution in [0.2, 0.25) is 0 Å². The standard InChI is InChI=1S/C11H24N2O2/c1-12-5-7-13(8-6-12)10-11(15)4-2-3-9-14/h11,14-15H,2-10H2,1H3. The number of unbranched alkanes of at least 4 members (excludes halogenated alkanes) is 1. The zero-order valence-corrected chi connectivity index (χ0v) is 9.73. The van der Waals surface area contributed by atoms with Gasteiger partial charge in [0.15, 0.2) is 0 Å². The molecule has 0 saturated carbocycles. The van der Waals surface area contributed by atoms with Gasteiger partial charge in [-0.2, -0.15) is 0 Å². The number of rotatable bonds is 6. The van der Waals surface area contributed by atoms with Crippen LogP contribution < -0.4 is 0 Å². The van der Waals surface area contributed by atoms with E-state index in [9.17, 15) is 5.11 Å². The molecule has 0 bridgehead atoms. The lowest BCUT2D eigenvalue weighted by Crippen LogP contribution is -2.46. The summed E-state index contributed by atoms with van der Waals surface area (Å²) in [5.74, 6) is 0. The lowest BCUT2D eigenvalue weighted by Gasteiger charge is -2.33. The molecule has 0 radical (unpaired) electrons. The molecule has 0 aromatic carbocycles. The normalized spacial score (nSPS) is 21.8. The Morgan fingerprint density at radius 2 is 1.80 bits per heavy atom. The zero-order chi connectivity index (χ0) is 11.1. The number of aliphatic hydroxyl groups is 2. The Hall–Kier alpha value is -0.160. The second-order valence-electron chi connectivity index (χ2n) is 4.48. The Bertz CT molecular complexity index is 159. The monoisotopic (exact) mass is 216 g/mol. The van der Waals surface area contributed by atoms with Gasteiger partial charge in [-0.15, -0.1) is 0 Å². The summed E-state index contributed by atoms with van der Waals surface area (Å²) < 4.78 is 0. The topological polar surface area (TPSA) is 46.9 Å². The highest BCUT2D eigenvalue weighted by Gasteiger charge is 2.16. The molecule has 0 aromatic heterocycles. The Balaban J connectivity index is 2.06. The van der Waals surface area contributed by atoms with Crippen molar-refractivity contribution in [2.24, 2.45) is 0 Å². The van der Waals surface area contributed by atoms with Gasteiger partial charge in [-0.1, -0.05) is 0 Å². The fourth-order valence-electron chi connectivity index (χ4n) is 1.91. The van der Waals surface area contributed by atoms with Gasteiger partial charge in [0, 0.05) is 39.3 Å². The van der Waals surface area contributed by atoms with Gasteiger partial charge in [-0.3, -0.25) is 4.90 Å². The number of nitrogens with zero attached hydrogens (tertiary/aromatic N) is 2. The van der Waals surface area contributed by atoms with Crippen LogP contribution in [0.4, 0.5) is 0 Å². The van der Waals surface area contributed by atoms with Crippen molar-refractivity contribution in [1.82, 2.24) is 9.80 Å².